The van der Waals surface area contributed by atoms with Crippen LogP contribution < -0.4 is 4.74 Å². The van der Waals surface area contributed by atoms with Gasteiger partial charge >= 0.3 is 0 Å². The normalized spacial score (nSPS) is 10.4. The van der Waals surface area contributed by atoms with Crippen molar-refractivity contribution in [3.8, 4) is 17.6 Å². The van der Waals surface area contributed by atoms with Crippen LogP contribution in [0.4, 0.5) is 0 Å². The second-order valence-corrected chi connectivity index (χ2v) is 5.27. The minimum atomic E-state index is 0.271. The third kappa shape index (κ3) is 2.92. The predicted octanol–water partition coefficient (Wildman–Crippen LogP) is 4.83. The average molecular weight is 287 g/mol. The Balaban J connectivity index is 2.44. The summed E-state index contributed by atoms with van der Waals surface area (Å²) >= 11 is 6.24. The molecule has 20 heavy (non-hydrogen) atoms. The lowest BCUT2D eigenvalue weighted by Gasteiger charge is -2.14. The summed E-state index contributed by atoms with van der Waals surface area (Å²) in [7, 11) is 0. The molecule has 1 aromatic heterocycles. The number of ether oxygens (including phenoxy) is 1. The number of aromatic nitrogens is 1. The SMILES string of the molecule is Cc1cc(Cl)c(C(C)C)cc1Oc1cccnc1C#N. The van der Waals surface area contributed by atoms with Crippen LogP contribution in [-0.2, 0) is 0 Å². The summed E-state index contributed by atoms with van der Waals surface area (Å²) in [6.45, 7) is 6.07. The van der Waals surface area contributed by atoms with Crippen LogP contribution in [-0.4, -0.2) is 4.98 Å². The van der Waals surface area contributed by atoms with Crippen molar-refractivity contribution in [3.63, 3.8) is 0 Å². The molecule has 0 radical (unpaired) electrons. The number of nitrogens with zero attached hydrogens (tertiary/aromatic N) is 2. The number of nitriles is 1. The molecule has 3 nitrogen and oxygen atoms in total. The lowest BCUT2D eigenvalue weighted by atomic mass is 10.0. The van der Waals surface area contributed by atoms with E-state index in [4.69, 9.17) is 21.6 Å². The maximum atomic E-state index is 9.04. The number of halogens is 1. The van der Waals surface area contributed by atoms with E-state index in [0.29, 0.717) is 17.4 Å². The summed E-state index contributed by atoms with van der Waals surface area (Å²) in [6, 6.07) is 9.30. The van der Waals surface area contributed by atoms with E-state index in [1.165, 1.54) is 0 Å². The molecule has 0 atom stereocenters. The van der Waals surface area contributed by atoms with E-state index < -0.39 is 0 Å². The molecule has 102 valence electrons. The van der Waals surface area contributed by atoms with Gasteiger partial charge in [-0.05, 0) is 48.2 Å². The van der Waals surface area contributed by atoms with Crippen molar-refractivity contribution < 1.29 is 4.74 Å². The molecule has 1 aromatic carbocycles. The first kappa shape index (κ1) is 14.4. The molecule has 0 saturated carbocycles. The van der Waals surface area contributed by atoms with Gasteiger partial charge in [0.2, 0.25) is 0 Å². The molecule has 0 spiro atoms. The fourth-order valence-electron chi connectivity index (χ4n) is 1.90. The molecule has 0 amide bonds. The molecular formula is C16H15ClN2O. The minimum absolute atomic E-state index is 0.271. The number of benzene rings is 1. The van der Waals surface area contributed by atoms with Crippen molar-refractivity contribution in [2.75, 3.05) is 0 Å². The van der Waals surface area contributed by atoms with Crippen molar-refractivity contribution in [1.82, 2.24) is 4.98 Å². The summed E-state index contributed by atoms with van der Waals surface area (Å²) in [5.74, 6) is 1.45. The van der Waals surface area contributed by atoms with Crippen LogP contribution >= 0.6 is 11.6 Å². The second-order valence-electron chi connectivity index (χ2n) is 4.86. The minimum Gasteiger partial charge on any atom is -0.454 e. The lowest BCUT2D eigenvalue weighted by Crippen LogP contribution is -1.96. The summed E-state index contributed by atoms with van der Waals surface area (Å²) in [5, 5.41) is 9.77. The van der Waals surface area contributed by atoms with Crippen molar-refractivity contribution in [2.24, 2.45) is 0 Å². The zero-order valence-electron chi connectivity index (χ0n) is 11.6. The molecule has 0 bridgehead atoms. The number of aryl methyl sites for hydroxylation is 1. The van der Waals surface area contributed by atoms with Crippen LogP contribution in [0.15, 0.2) is 30.5 Å². The van der Waals surface area contributed by atoms with E-state index in [-0.39, 0.29) is 5.69 Å². The van der Waals surface area contributed by atoms with Crippen molar-refractivity contribution >= 4 is 11.6 Å². The number of rotatable bonds is 3. The van der Waals surface area contributed by atoms with Gasteiger partial charge in [-0.25, -0.2) is 4.98 Å². The van der Waals surface area contributed by atoms with E-state index in [9.17, 15) is 0 Å². The first-order valence-electron chi connectivity index (χ1n) is 6.36. The number of hydrogen-bond acceptors (Lipinski definition) is 3. The van der Waals surface area contributed by atoms with Gasteiger partial charge in [-0.3, -0.25) is 0 Å². The zero-order chi connectivity index (χ0) is 14.7. The van der Waals surface area contributed by atoms with E-state index in [1.807, 2.05) is 25.1 Å². The largest absolute Gasteiger partial charge is 0.454 e. The summed E-state index contributed by atoms with van der Waals surface area (Å²) in [4.78, 5) is 3.99. The Morgan fingerprint density at radius 1 is 1.30 bits per heavy atom. The van der Waals surface area contributed by atoms with Crippen LogP contribution in [0, 0.1) is 18.3 Å². The molecular weight excluding hydrogens is 272 g/mol. The Labute approximate surface area is 123 Å². The molecule has 2 rings (SSSR count). The van der Waals surface area contributed by atoms with Crippen LogP contribution in [0.25, 0.3) is 0 Å². The first-order valence-corrected chi connectivity index (χ1v) is 6.73. The van der Waals surface area contributed by atoms with Crippen LogP contribution in [0.1, 0.15) is 36.6 Å². The molecule has 2 aromatic rings. The molecule has 0 aliphatic carbocycles. The third-order valence-electron chi connectivity index (χ3n) is 3.01. The van der Waals surface area contributed by atoms with E-state index in [2.05, 4.69) is 18.8 Å². The third-order valence-corrected chi connectivity index (χ3v) is 3.34. The molecule has 0 aliphatic rings. The maximum Gasteiger partial charge on any atom is 0.183 e. The van der Waals surface area contributed by atoms with Gasteiger partial charge in [0.05, 0.1) is 0 Å². The number of pyridine rings is 1. The first-order chi connectivity index (χ1) is 9.52. The topological polar surface area (TPSA) is 45.9 Å². The molecule has 0 fully saturated rings. The van der Waals surface area contributed by atoms with E-state index >= 15 is 0 Å². The van der Waals surface area contributed by atoms with Gasteiger partial charge in [-0.1, -0.05) is 25.4 Å². The van der Waals surface area contributed by atoms with Gasteiger partial charge < -0.3 is 4.74 Å². The van der Waals surface area contributed by atoms with Gasteiger partial charge in [0.15, 0.2) is 11.4 Å². The fourth-order valence-corrected chi connectivity index (χ4v) is 2.33. The molecule has 1 heterocycles. The monoisotopic (exact) mass is 286 g/mol. The second kappa shape index (κ2) is 5.94. The average Bonchev–Trinajstić information content (AvgIpc) is 2.42. The molecule has 4 heteroatoms. The van der Waals surface area contributed by atoms with Gasteiger partial charge in [-0.2, -0.15) is 5.26 Å². The summed E-state index contributed by atoms with van der Waals surface area (Å²) < 4.78 is 5.83. The lowest BCUT2D eigenvalue weighted by molar-refractivity contribution is 0.473. The van der Waals surface area contributed by atoms with Gasteiger partial charge in [-0.15, -0.1) is 0 Å². The van der Waals surface area contributed by atoms with Crippen molar-refractivity contribution in [1.29, 1.82) is 5.26 Å². The van der Waals surface area contributed by atoms with Crippen molar-refractivity contribution in [2.45, 2.75) is 26.7 Å². The van der Waals surface area contributed by atoms with Gasteiger partial charge in [0.1, 0.15) is 11.8 Å². The highest BCUT2D eigenvalue weighted by Crippen LogP contribution is 2.34. The maximum absolute atomic E-state index is 9.04. The van der Waals surface area contributed by atoms with Crippen molar-refractivity contribution in [3.05, 3.63) is 52.3 Å². The predicted molar refractivity (Wildman–Crippen MR) is 79.3 cm³/mol. The molecule has 0 N–H and O–H groups in total. The molecule has 0 aliphatic heterocycles. The fraction of sp³-hybridized carbons (Fsp3) is 0.250. The van der Waals surface area contributed by atoms with E-state index in [1.54, 1.807) is 18.3 Å². The highest BCUT2D eigenvalue weighted by molar-refractivity contribution is 6.31. The smallest absolute Gasteiger partial charge is 0.183 e. The Kier molecular flexibility index (Phi) is 4.26. The Morgan fingerprint density at radius 2 is 2.05 bits per heavy atom. The van der Waals surface area contributed by atoms with Crippen LogP contribution in [0.5, 0.6) is 11.5 Å². The molecule has 0 unspecified atom stereocenters. The van der Waals surface area contributed by atoms with Crippen LogP contribution in [0.2, 0.25) is 5.02 Å². The highest BCUT2D eigenvalue weighted by Gasteiger charge is 2.12. The zero-order valence-corrected chi connectivity index (χ0v) is 12.4. The summed E-state index contributed by atoms with van der Waals surface area (Å²) in [5.41, 5.74) is 2.22. The Hall–Kier alpha value is -2.05. The standard InChI is InChI=1S/C16H15ClN2O/c1-10(2)12-8-16(11(3)7-13(12)17)20-15-5-4-6-19-14(15)9-18/h4-8,10H,1-3H3. The quantitative estimate of drug-likeness (QED) is 0.812. The van der Waals surface area contributed by atoms with E-state index in [0.717, 1.165) is 16.1 Å². The van der Waals surface area contributed by atoms with Gasteiger partial charge in [0, 0.05) is 11.2 Å². The number of hydrogen-bond donors (Lipinski definition) is 0. The Bertz CT molecular complexity index is 675. The molecule has 0 saturated heterocycles. The van der Waals surface area contributed by atoms with Crippen LogP contribution in [0.3, 0.4) is 0 Å². The van der Waals surface area contributed by atoms with Gasteiger partial charge in [0.25, 0.3) is 0 Å². The Morgan fingerprint density at radius 3 is 2.70 bits per heavy atom. The highest BCUT2D eigenvalue weighted by atomic mass is 35.5. The summed E-state index contributed by atoms with van der Waals surface area (Å²) in [6.07, 6.45) is 1.57.